The van der Waals surface area contributed by atoms with Crippen LogP contribution in [0, 0.1) is 0 Å². The van der Waals surface area contributed by atoms with Gasteiger partial charge in [0.25, 0.3) is 0 Å². The molecule has 7 heteroatoms. The summed E-state index contributed by atoms with van der Waals surface area (Å²) in [6, 6.07) is 0. The van der Waals surface area contributed by atoms with Gasteiger partial charge in [-0.15, -0.1) is 0 Å². The third-order valence-corrected chi connectivity index (χ3v) is 2.16. The van der Waals surface area contributed by atoms with Crippen LogP contribution >= 0.6 is 0 Å². The Morgan fingerprint density at radius 1 is 1.33 bits per heavy atom. The summed E-state index contributed by atoms with van der Waals surface area (Å²) >= 11 is 0. The Hall–Kier alpha value is -0.730. The van der Waals surface area contributed by atoms with Crippen LogP contribution in [0.5, 0.6) is 0 Å². The van der Waals surface area contributed by atoms with Crippen molar-refractivity contribution in [3.8, 4) is 0 Å². The van der Waals surface area contributed by atoms with Gasteiger partial charge in [0, 0.05) is 6.61 Å². The average Bonchev–Trinajstić information content (AvgIpc) is 2.18. The number of ether oxygens (including phenoxy) is 2. The van der Waals surface area contributed by atoms with Crippen molar-refractivity contribution in [3.63, 3.8) is 0 Å². The Balaban J connectivity index is 2.78. The first-order valence-electron chi connectivity index (χ1n) is 4.53. The van der Waals surface area contributed by atoms with Crippen LogP contribution in [0.15, 0.2) is 0 Å². The van der Waals surface area contributed by atoms with Crippen LogP contribution in [0.25, 0.3) is 0 Å². The largest absolute Gasteiger partial charge is 0.479 e. The predicted octanol–water partition coefficient (Wildman–Crippen LogP) is -2.08. The fourth-order valence-corrected chi connectivity index (χ4v) is 1.44. The zero-order valence-electron chi connectivity index (χ0n) is 8.11. The second kappa shape index (κ2) is 4.86. The number of carbonyl (C=O) groups is 1. The van der Waals surface area contributed by atoms with Gasteiger partial charge in [-0.2, -0.15) is 0 Å². The van der Waals surface area contributed by atoms with Gasteiger partial charge in [-0.05, 0) is 6.92 Å². The van der Waals surface area contributed by atoms with Crippen molar-refractivity contribution in [1.29, 1.82) is 0 Å². The van der Waals surface area contributed by atoms with Crippen molar-refractivity contribution in [2.45, 2.75) is 37.6 Å². The molecule has 4 N–H and O–H groups in total. The number of carboxylic acids is 1. The van der Waals surface area contributed by atoms with E-state index in [1.54, 1.807) is 6.92 Å². The molecular weight excluding hydrogens is 208 g/mol. The monoisotopic (exact) mass is 222 g/mol. The lowest BCUT2D eigenvalue weighted by atomic mass is 9.99. The van der Waals surface area contributed by atoms with Crippen molar-refractivity contribution in [2.24, 2.45) is 0 Å². The van der Waals surface area contributed by atoms with E-state index in [2.05, 4.69) is 4.74 Å². The molecule has 0 aromatic carbocycles. The van der Waals surface area contributed by atoms with Crippen LogP contribution in [0.4, 0.5) is 0 Å². The molecule has 0 amide bonds. The highest BCUT2D eigenvalue weighted by atomic mass is 16.7. The molecule has 0 unspecified atom stereocenters. The van der Waals surface area contributed by atoms with Gasteiger partial charge in [-0.3, -0.25) is 0 Å². The Morgan fingerprint density at radius 3 is 2.40 bits per heavy atom. The first kappa shape index (κ1) is 12.3. The van der Waals surface area contributed by atoms with Crippen molar-refractivity contribution in [1.82, 2.24) is 0 Å². The van der Waals surface area contributed by atoms with Gasteiger partial charge in [0.15, 0.2) is 12.4 Å². The highest BCUT2D eigenvalue weighted by Crippen LogP contribution is 2.22. The Morgan fingerprint density at radius 2 is 1.93 bits per heavy atom. The molecular formula is C8H14O7. The van der Waals surface area contributed by atoms with E-state index in [-0.39, 0.29) is 6.61 Å². The fraction of sp³-hybridized carbons (Fsp3) is 0.875. The third-order valence-electron chi connectivity index (χ3n) is 2.16. The molecule has 1 heterocycles. The lowest BCUT2D eigenvalue weighted by molar-refractivity contribution is -0.286. The van der Waals surface area contributed by atoms with Crippen molar-refractivity contribution in [3.05, 3.63) is 0 Å². The lowest BCUT2D eigenvalue weighted by Gasteiger charge is -2.38. The summed E-state index contributed by atoms with van der Waals surface area (Å²) in [6.07, 6.45) is -7.41. The van der Waals surface area contributed by atoms with E-state index in [1.165, 1.54) is 0 Å². The van der Waals surface area contributed by atoms with Crippen LogP contribution < -0.4 is 0 Å². The van der Waals surface area contributed by atoms with Crippen LogP contribution in [0.2, 0.25) is 0 Å². The van der Waals surface area contributed by atoms with Gasteiger partial charge in [0.05, 0.1) is 0 Å². The normalized spacial score (nSPS) is 41.5. The standard InChI is InChI=1S/C8H14O7/c1-2-14-5-3(9)6(7(11)12)15-8(13)4(5)10/h3-6,8-10,13H,2H2,1H3,(H,11,12)/t3-,4+,5-,6-,8+/m0/s1. The number of carboxylic acid groups (broad SMARTS) is 1. The number of aliphatic hydroxyl groups is 3. The Kier molecular flexibility index (Phi) is 4.00. The Bertz CT molecular complexity index is 231. The molecule has 5 atom stereocenters. The van der Waals surface area contributed by atoms with Crippen LogP contribution in [0.1, 0.15) is 6.92 Å². The van der Waals surface area contributed by atoms with Crippen LogP contribution in [-0.2, 0) is 14.3 Å². The minimum absolute atomic E-state index is 0.178. The zero-order chi connectivity index (χ0) is 11.6. The number of aliphatic hydroxyl groups excluding tert-OH is 3. The van der Waals surface area contributed by atoms with Gasteiger partial charge in [0.1, 0.15) is 18.3 Å². The first-order valence-corrected chi connectivity index (χ1v) is 4.53. The van der Waals surface area contributed by atoms with Gasteiger partial charge in [-0.25, -0.2) is 4.79 Å². The molecule has 1 rings (SSSR count). The second-order valence-electron chi connectivity index (χ2n) is 3.19. The third kappa shape index (κ3) is 2.44. The van der Waals surface area contributed by atoms with Crippen molar-refractivity contribution in [2.75, 3.05) is 6.61 Å². The topological polar surface area (TPSA) is 116 Å². The molecule has 7 nitrogen and oxygen atoms in total. The molecule has 0 aromatic rings. The molecule has 1 aliphatic heterocycles. The molecule has 1 fully saturated rings. The lowest BCUT2D eigenvalue weighted by Crippen LogP contribution is -2.60. The maximum absolute atomic E-state index is 10.6. The summed E-state index contributed by atoms with van der Waals surface area (Å²) in [5.41, 5.74) is 0. The fourth-order valence-electron chi connectivity index (χ4n) is 1.44. The maximum atomic E-state index is 10.6. The van der Waals surface area contributed by atoms with E-state index in [9.17, 15) is 20.1 Å². The highest BCUT2D eigenvalue weighted by molar-refractivity contribution is 5.73. The summed E-state index contributed by atoms with van der Waals surface area (Å²) in [7, 11) is 0. The van der Waals surface area contributed by atoms with E-state index in [0.717, 1.165) is 0 Å². The van der Waals surface area contributed by atoms with E-state index in [1.807, 2.05) is 0 Å². The quantitative estimate of drug-likeness (QED) is 0.432. The molecule has 1 aliphatic rings. The van der Waals surface area contributed by atoms with Gasteiger partial charge in [0.2, 0.25) is 0 Å². The number of hydrogen-bond acceptors (Lipinski definition) is 6. The van der Waals surface area contributed by atoms with Crippen molar-refractivity contribution < 1.29 is 34.7 Å². The van der Waals surface area contributed by atoms with Crippen LogP contribution in [-0.4, -0.2) is 63.7 Å². The minimum Gasteiger partial charge on any atom is -0.479 e. The molecule has 0 spiro atoms. The summed E-state index contributed by atoms with van der Waals surface area (Å²) < 4.78 is 9.48. The zero-order valence-corrected chi connectivity index (χ0v) is 8.11. The van der Waals surface area contributed by atoms with E-state index in [0.29, 0.717) is 0 Å². The molecule has 0 saturated carbocycles. The Labute approximate surface area is 85.9 Å². The molecule has 1 saturated heterocycles. The predicted molar refractivity (Wildman–Crippen MR) is 45.9 cm³/mol. The van der Waals surface area contributed by atoms with Gasteiger partial charge in [-0.1, -0.05) is 0 Å². The van der Waals surface area contributed by atoms with E-state index < -0.39 is 36.7 Å². The van der Waals surface area contributed by atoms with Gasteiger partial charge >= 0.3 is 5.97 Å². The summed E-state index contributed by atoms with van der Waals surface area (Å²) in [4.78, 5) is 10.6. The highest BCUT2D eigenvalue weighted by Gasteiger charge is 2.47. The first-order chi connectivity index (χ1) is 6.99. The van der Waals surface area contributed by atoms with Gasteiger partial charge < -0.3 is 29.9 Å². The summed E-state index contributed by atoms with van der Waals surface area (Å²) in [5, 5.41) is 36.8. The smallest absolute Gasteiger partial charge is 0.335 e. The molecule has 0 aliphatic carbocycles. The SMILES string of the molecule is CCO[C@@H]1[C@@H](O)[C@H](O)O[C@H](C(=O)O)[C@H]1O. The molecule has 0 radical (unpaired) electrons. The molecule has 0 aromatic heterocycles. The second-order valence-corrected chi connectivity index (χ2v) is 3.19. The minimum atomic E-state index is -1.67. The van der Waals surface area contributed by atoms with Crippen LogP contribution in [0.3, 0.4) is 0 Å². The molecule has 15 heavy (non-hydrogen) atoms. The number of aliphatic carboxylic acids is 1. The molecule has 88 valence electrons. The van der Waals surface area contributed by atoms with E-state index >= 15 is 0 Å². The number of rotatable bonds is 3. The maximum Gasteiger partial charge on any atom is 0.335 e. The molecule has 0 bridgehead atoms. The van der Waals surface area contributed by atoms with Crippen molar-refractivity contribution >= 4 is 5.97 Å². The average molecular weight is 222 g/mol. The summed E-state index contributed by atoms with van der Waals surface area (Å²) in [6.45, 7) is 1.80. The summed E-state index contributed by atoms with van der Waals surface area (Å²) in [5.74, 6) is -1.42. The number of hydrogen-bond donors (Lipinski definition) is 4. The van der Waals surface area contributed by atoms with E-state index in [4.69, 9.17) is 9.84 Å².